The standard InChI is InChI=1S/C31H35N4O5/c1-18(2)29(19-7-10-24(40-3)11-8-19)32-31(37)25-15-20-14-23(35(38)39)9-12-27(20)34-16-21-13-22(30(25)34)17-33-26(21)5-4-6-28(33)36/h4-12,14,18,21-22,25,29-30,38H,13,15-17H2,1-3H3,(H,32,37)/q-1. The average molecular weight is 544 g/mol. The molecule has 3 aromatic rings. The Hall–Kier alpha value is -3.82. The zero-order valence-electron chi connectivity index (χ0n) is 23.0. The third-order valence-electron chi connectivity index (χ3n) is 8.99. The number of pyridine rings is 1. The number of amides is 1. The quantitative estimate of drug-likeness (QED) is 0.448. The fourth-order valence-corrected chi connectivity index (χ4v) is 7.16. The molecule has 6 rings (SSSR count). The molecular formula is C31H35N4O5-. The Balaban J connectivity index is 1.38. The molecule has 40 heavy (non-hydrogen) atoms. The van der Waals surface area contributed by atoms with Gasteiger partial charge >= 0.3 is 0 Å². The second-order valence-electron chi connectivity index (χ2n) is 11.6. The Labute approximate surface area is 233 Å². The van der Waals surface area contributed by atoms with Gasteiger partial charge in [0.25, 0.3) is 5.56 Å². The number of rotatable bonds is 6. The van der Waals surface area contributed by atoms with Gasteiger partial charge in [-0.1, -0.05) is 32.0 Å². The highest BCUT2D eigenvalue weighted by Crippen LogP contribution is 2.48. The zero-order chi connectivity index (χ0) is 28.1. The summed E-state index contributed by atoms with van der Waals surface area (Å²) >= 11 is 0. The SMILES string of the molecule is COc1ccc(C(NC(=O)C2Cc3cc(N([O-])O)ccc3N3CC4CC(Cn5c4cccc5=O)C23)C(C)C)cc1. The molecule has 2 aromatic carbocycles. The number of benzene rings is 2. The van der Waals surface area contributed by atoms with Gasteiger partial charge in [0, 0.05) is 42.5 Å². The summed E-state index contributed by atoms with van der Waals surface area (Å²) in [6.45, 7) is 5.42. The van der Waals surface area contributed by atoms with Crippen LogP contribution in [0.5, 0.6) is 5.75 Å². The summed E-state index contributed by atoms with van der Waals surface area (Å²) in [5.74, 6) is 0.738. The minimum absolute atomic E-state index is 0.000337. The van der Waals surface area contributed by atoms with Crippen molar-refractivity contribution in [2.45, 2.75) is 51.2 Å². The summed E-state index contributed by atoms with van der Waals surface area (Å²) < 4.78 is 7.20. The summed E-state index contributed by atoms with van der Waals surface area (Å²) in [6.07, 6.45) is 1.36. The van der Waals surface area contributed by atoms with Gasteiger partial charge in [0.15, 0.2) is 0 Å². The summed E-state index contributed by atoms with van der Waals surface area (Å²) in [4.78, 5) is 29.3. The first kappa shape index (κ1) is 26.4. The second kappa shape index (κ2) is 10.3. The summed E-state index contributed by atoms with van der Waals surface area (Å²) in [5, 5.41) is 24.5. The van der Waals surface area contributed by atoms with Crippen molar-refractivity contribution in [2.75, 3.05) is 23.8 Å². The number of anilines is 2. The molecule has 1 fully saturated rings. The van der Waals surface area contributed by atoms with Gasteiger partial charge in [0.05, 0.1) is 24.8 Å². The number of nitrogens with zero attached hydrogens (tertiary/aromatic N) is 3. The van der Waals surface area contributed by atoms with E-state index in [2.05, 4.69) is 24.1 Å². The van der Waals surface area contributed by atoms with Crippen molar-refractivity contribution in [1.82, 2.24) is 9.88 Å². The number of piperidine rings is 1. The van der Waals surface area contributed by atoms with Gasteiger partial charge in [-0.05, 0) is 72.2 Å². The Morgan fingerprint density at radius 1 is 1.12 bits per heavy atom. The normalized spacial score (nSPS) is 23.5. The number of carbonyl (C=O) groups excluding carboxylic acids is 1. The summed E-state index contributed by atoms with van der Waals surface area (Å²) in [6, 6.07) is 18.1. The molecule has 3 aliphatic heterocycles. The number of ether oxygens (including phenoxy) is 1. The maximum atomic E-state index is 14.2. The van der Waals surface area contributed by atoms with Gasteiger partial charge in [-0.25, -0.2) is 0 Å². The maximum absolute atomic E-state index is 14.2. The molecule has 3 aliphatic rings. The van der Waals surface area contributed by atoms with Crippen molar-refractivity contribution in [3.63, 3.8) is 0 Å². The lowest BCUT2D eigenvalue weighted by molar-refractivity contribution is -0.127. The topological polar surface area (TPSA) is 110 Å². The van der Waals surface area contributed by atoms with Crippen LogP contribution in [0.15, 0.2) is 65.5 Å². The fourth-order valence-electron chi connectivity index (χ4n) is 7.16. The Morgan fingerprint density at radius 3 is 2.60 bits per heavy atom. The highest BCUT2D eigenvalue weighted by molar-refractivity contribution is 5.83. The molecule has 1 saturated heterocycles. The Kier molecular flexibility index (Phi) is 6.80. The van der Waals surface area contributed by atoms with E-state index in [0.29, 0.717) is 19.5 Å². The van der Waals surface area contributed by atoms with E-state index in [1.807, 2.05) is 47.0 Å². The monoisotopic (exact) mass is 543 g/mol. The highest BCUT2D eigenvalue weighted by atomic mass is 16.8. The van der Waals surface area contributed by atoms with Crippen LogP contribution in [0.2, 0.25) is 0 Å². The molecule has 5 atom stereocenters. The minimum atomic E-state index is -0.395. The first-order valence-corrected chi connectivity index (χ1v) is 13.9. The molecule has 9 nitrogen and oxygen atoms in total. The molecule has 9 heteroatoms. The largest absolute Gasteiger partial charge is 0.733 e. The lowest BCUT2D eigenvalue weighted by Gasteiger charge is -2.54. The van der Waals surface area contributed by atoms with Crippen LogP contribution >= 0.6 is 0 Å². The molecule has 210 valence electrons. The van der Waals surface area contributed by atoms with Crippen LogP contribution in [0, 0.1) is 23.0 Å². The minimum Gasteiger partial charge on any atom is -0.733 e. The van der Waals surface area contributed by atoms with Crippen LogP contribution in [-0.4, -0.2) is 35.4 Å². The van der Waals surface area contributed by atoms with Crippen LogP contribution in [0.1, 0.15) is 49.0 Å². The van der Waals surface area contributed by atoms with Gasteiger partial charge in [-0.2, -0.15) is 0 Å². The van der Waals surface area contributed by atoms with E-state index in [9.17, 15) is 20.0 Å². The predicted octanol–water partition coefficient (Wildman–Crippen LogP) is 4.23. The van der Waals surface area contributed by atoms with Crippen molar-refractivity contribution in [3.05, 3.63) is 93.0 Å². The third kappa shape index (κ3) is 4.53. The predicted molar refractivity (Wildman–Crippen MR) is 153 cm³/mol. The zero-order valence-corrected chi connectivity index (χ0v) is 23.0. The molecule has 5 unspecified atom stereocenters. The molecule has 0 radical (unpaired) electrons. The van der Waals surface area contributed by atoms with Crippen molar-refractivity contribution >= 4 is 17.3 Å². The Morgan fingerprint density at radius 2 is 1.90 bits per heavy atom. The molecule has 0 spiro atoms. The second-order valence-corrected chi connectivity index (χ2v) is 11.6. The van der Waals surface area contributed by atoms with Crippen LogP contribution in [-0.2, 0) is 17.8 Å². The maximum Gasteiger partial charge on any atom is 0.250 e. The van der Waals surface area contributed by atoms with Gasteiger partial charge in [-0.15, -0.1) is 0 Å². The Bertz CT molecular complexity index is 1470. The molecule has 2 N–H and O–H groups in total. The number of fused-ring (bicyclic) bond motifs is 8. The highest BCUT2D eigenvalue weighted by Gasteiger charge is 2.49. The number of carbonyl (C=O) groups is 1. The molecule has 0 aliphatic carbocycles. The van der Waals surface area contributed by atoms with E-state index in [-0.39, 0.29) is 52.2 Å². The number of nitrogens with one attached hydrogen (secondary N) is 1. The number of hydrogen-bond donors (Lipinski definition) is 2. The number of aromatic nitrogens is 1. The van der Waals surface area contributed by atoms with E-state index in [0.717, 1.165) is 34.7 Å². The van der Waals surface area contributed by atoms with Crippen LogP contribution in [0.4, 0.5) is 11.4 Å². The molecule has 4 heterocycles. The van der Waals surface area contributed by atoms with E-state index in [4.69, 9.17) is 4.74 Å². The van der Waals surface area contributed by atoms with Gasteiger partial charge in [0.1, 0.15) is 5.75 Å². The third-order valence-corrected chi connectivity index (χ3v) is 8.99. The molecular weight excluding hydrogens is 508 g/mol. The van der Waals surface area contributed by atoms with Crippen molar-refractivity contribution in [3.8, 4) is 5.75 Å². The van der Waals surface area contributed by atoms with Crippen molar-refractivity contribution in [1.29, 1.82) is 0 Å². The van der Waals surface area contributed by atoms with E-state index < -0.39 is 5.92 Å². The summed E-state index contributed by atoms with van der Waals surface area (Å²) in [7, 11) is 1.63. The number of hydrogen-bond acceptors (Lipinski definition) is 7. The van der Waals surface area contributed by atoms with Gasteiger partial charge in [-0.3, -0.25) is 14.8 Å². The van der Waals surface area contributed by atoms with Crippen molar-refractivity contribution < 1.29 is 14.7 Å². The van der Waals surface area contributed by atoms with E-state index in [1.54, 1.807) is 25.3 Å². The first-order valence-electron chi connectivity index (χ1n) is 13.9. The lowest BCUT2D eigenvalue weighted by atomic mass is 9.70. The molecule has 1 aromatic heterocycles. The summed E-state index contributed by atoms with van der Waals surface area (Å²) in [5.41, 5.74) is 4.02. The van der Waals surface area contributed by atoms with Crippen LogP contribution < -0.4 is 25.7 Å². The lowest BCUT2D eigenvalue weighted by Crippen LogP contribution is -2.61. The van der Waals surface area contributed by atoms with Crippen LogP contribution in [0.25, 0.3) is 0 Å². The first-order chi connectivity index (χ1) is 19.2. The van der Waals surface area contributed by atoms with E-state index in [1.165, 1.54) is 0 Å². The van der Waals surface area contributed by atoms with E-state index >= 15 is 0 Å². The number of methoxy groups -OCH3 is 1. The molecule has 0 saturated carbocycles. The molecule has 1 amide bonds. The van der Waals surface area contributed by atoms with Crippen LogP contribution in [0.3, 0.4) is 0 Å². The van der Waals surface area contributed by atoms with Crippen molar-refractivity contribution in [2.24, 2.45) is 17.8 Å². The average Bonchev–Trinajstić information content (AvgIpc) is 2.95. The van der Waals surface area contributed by atoms with Gasteiger partial charge < -0.3 is 30.0 Å². The van der Waals surface area contributed by atoms with Gasteiger partial charge in [0.2, 0.25) is 5.91 Å². The smallest absolute Gasteiger partial charge is 0.250 e. The fraction of sp³-hybridized carbons (Fsp3) is 0.419. The molecule has 2 bridgehead atoms.